The number of carbonyl (C=O) groups is 2. The zero-order valence-electron chi connectivity index (χ0n) is 14.7. The molecule has 3 amide bonds. The molecule has 0 aliphatic rings. The van der Waals surface area contributed by atoms with Crippen molar-refractivity contribution in [1.82, 2.24) is 5.32 Å². The molecule has 3 rings (SSSR count). The van der Waals surface area contributed by atoms with Crippen LogP contribution in [0.4, 0.5) is 15.5 Å². The maximum Gasteiger partial charge on any atom is 0.324 e. The number of urea groups is 1. The molecule has 5 nitrogen and oxygen atoms in total. The molecule has 0 aliphatic carbocycles. The van der Waals surface area contributed by atoms with Crippen molar-refractivity contribution in [2.45, 2.75) is 11.4 Å². The largest absolute Gasteiger partial charge is 0.347 e. The number of carbonyl (C=O) groups excluding carboxylic acids is 2. The highest BCUT2D eigenvalue weighted by Crippen LogP contribution is 2.22. The predicted octanol–water partition coefficient (Wildman–Crippen LogP) is 5.04. The molecule has 27 heavy (non-hydrogen) atoms. The Balaban J connectivity index is 1.51. The van der Waals surface area contributed by atoms with Crippen LogP contribution in [-0.4, -0.2) is 18.2 Å². The number of thioether (sulfide) groups is 1. The second-order valence-electron chi connectivity index (χ2n) is 5.64. The van der Waals surface area contributed by atoms with Crippen LogP contribution in [0.5, 0.6) is 0 Å². The summed E-state index contributed by atoms with van der Waals surface area (Å²) in [7, 11) is 0. The number of rotatable bonds is 6. The van der Waals surface area contributed by atoms with Gasteiger partial charge in [-0.3, -0.25) is 10.1 Å². The molecule has 3 N–H and O–H groups in total. The molecule has 1 aromatic heterocycles. The van der Waals surface area contributed by atoms with Crippen molar-refractivity contribution in [1.29, 1.82) is 0 Å². The summed E-state index contributed by atoms with van der Waals surface area (Å²) in [5.74, 6) is -0.162. The van der Waals surface area contributed by atoms with E-state index in [-0.39, 0.29) is 11.9 Å². The summed E-state index contributed by atoms with van der Waals surface area (Å²) < 4.78 is 0. The zero-order valence-corrected chi connectivity index (χ0v) is 16.3. The molecule has 2 aromatic carbocycles. The lowest BCUT2D eigenvalue weighted by molar-refractivity contribution is 0.0955. The average Bonchev–Trinajstić information content (AvgIpc) is 3.15. The molecule has 3 aromatic rings. The number of hydrogen-bond acceptors (Lipinski definition) is 4. The van der Waals surface area contributed by atoms with E-state index < -0.39 is 0 Å². The molecular weight excluding hydrogens is 378 g/mol. The Kier molecular flexibility index (Phi) is 6.51. The third kappa shape index (κ3) is 5.60. The molecule has 0 saturated heterocycles. The summed E-state index contributed by atoms with van der Waals surface area (Å²) in [6.07, 6.45) is 2.03. The van der Waals surface area contributed by atoms with E-state index in [0.29, 0.717) is 22.1 Å². The van der Waals surface area contributed by atoms with Crippen molar-refractivity contribution in [3.05, 3.63) is 77.2 Å². The van der Waals surface area contributed by atoms with E-state index in [4.69, 9.17) is 0 Å². The Morgan fingerprint density at radius 2 is 1.67 bits per heavy atom. The lowest BCUT2D eigenvalue weighted by atomic mass is 10.2. The first-order valence-corrected chi connectivity index (χ1v) is 10.3. The van der Waals surface area contributed by atoms with Gasteiger partial charge in [0.25, 0.3) is 5.91 Å². The molecule has 0 atom stereocenters. The van der Waals surface area contributed by atoms with Gasteiger partial charge in [0.05, 0.1) is 9.88 Å². The summed E-state index contributed by atoms with van der Waals surface area (Å²) in [5.41, 5.74) is 1.75. The first kappa shape index (κ1) is 19.0. The average molecular weight is 398 g/mol. The highest BCUT2D eigenvalue weighted by atomic mass is 32.2. The van der Waals surface area contributed by atoms with Crippen LogP contribution < -0.4 is 16.0 Å². The van der Waals surface area contributed by atoms with Crippen molar-refractivity contribution in [2.75, 3.05) is 16.9 Å². The maximum absolute atomic E-state index is 12.3. The van der Waals surface area contributed by atoms with E-state index >= 15 is 0 Å². The Hall–Kier alpha value is -2.77. The minimum Gasteiger partial charge on any atom is -0.347 e. The normalized spacial score (nSPS) is 10.3. The van der Waals surface area contributed by atoms with Gasteiger partial charge in [0.1, 0.15) is 0 Å². The van der Waals surface area contributed by atoms with Crippen LogP contribution in [0.25, 0.3) is 0 Å². The number of nitrogens with one attached hydrogen (secondary N) is 3. The summed E-state index contributed by atoms with van der Waals surface area (Å²) in [6, 6.07) is 20.3. The van der Waals surface area contributed by atoms with E-state index in [9.17, 15) is 9.59 Å². The van der Waals surface area contributed by atoms with Crippen LogP contribution >= 0.6 is 23.1 Å². The third-order valence-electron chi connectivity index (χ3n) is 3.71. The monoisotopic (exact) mass is 397 g/mol. The number of hydrogen-bond donors (Lipinski definition) is 3. The third-order valence-corrected chi connectivity index (χ3v) is 5.45. The Morgan fingerprint density at radius 1 is 0.926 bits per heavy atom. The molecule has 7 heteroatoms. The minimum absolute atomic E-state index is 0.162. The quantitative estimate of drug-likeness (QED) is 0.510. The highest BCUT2D eigenvalue weighted by Gasteiger charge is 2.11. The van der Waals surface area contributed by atoms with Gasteiger partial charge in [0.15, 0.2) is 0 Å². The molecular formula is C20H19N3O2S2. The van der Waals surface area contributed by atoms with Crippen LogP contribution in [0.3, 0.4) is 0 Å². The molecule has 1 heterocycles. The molecule has 0 bridgehead atoms. The summed E-state index contributed by atoms with van der Waals surface area (Å²) in [6.45, 7) is 0.461. The smallest absolute Gasteiger partial charge is 0.324 e. The van der Waals surface area contributed by atoms with E-state index in [1.54, 1.807) is 36.0 Å². The van der Waals surface area contributed by atoms with Crippen LogP contribution in [0, 0.1) is 0 Å². The van der Waals surface area contributed by atoms with E-state index in [1.807, 2.05) is 48.7 Å². The van der Waals surface area contributed by atoms with E-state index in [1.165, 1.54) is 16.2 Å². The van der Waals surface area contributed by atoms with Crippen molar-refractivity contribution >= 4 is 45.7 Å². The van der Waals surface area contributed by atoms with Crippen LogP contribution in [0.15, 0.2) is 71.6 Å². The lowest BCUT2D eigenvalue weighted by Gasteiger charge is -2.06. The SMILES string of the molecule is CSc1ccc(CNC(=O)c2ccc(NC(=O)Nc3ccccc3)s2)cc1. The zero-order chi connectivity index (χ0) is 19.1. The van der Waals surface area contributed by atoms with Gasteiger partial charge >= 0.3 is 6.03 Å². The molecule has 0 radical (unpaired) electrons. The molecule has 0 fully saturated rings. The molecule has 0 spiro atoms. The van der Waals surface area contributed by atoms with Crippen molar-refractivity contribution in [2.24, 2.45) is 0 Å². The minimum atomic E-state index is -0.344. The summed E-state index contributed by atoms with van der Waals surface area (Å²) in [5, 5.41) is 8.98. The van der Waals surface area contributed by atoms with Gasteiger partial charge in [-0.1, -0.05) is 30.3 Å². The number of thiophene rings is 1. The molecule has 138 valence electrons. The van der Waals surface area contributed by atoms with Crippen LogP contribution in [-0.2, 0) is 6.54 Å². The highest BCUT2D eigenvalue weighted by molar-refractivity contribution is 7.98. The van der Waals surface area contributed by atoms with Gasteiger partial charge < -0.3 is 10.6 Å². The van der Waals surface area contributed by atoms with E-state index in [0.717, 1.165) is 5.56 Å². The van der Waals surface area contributed by atoms with E-state index in [2.05, 4.69) is 16.0 Å². The molecule has 0 unspecified atom stereocenters. The van der Waals surface area contributed by atoms with Crippen LogP contribution in [0.1, 0.15) is 15.2 Å². The van der Waals surface area contributed by atoms with Crippen molar-refractivity contribution in [3.8, 4) is 0 Å². The number of amides is 3. The van der Waals surface area contributed by atoms with Crippen molar-refractivity contribution in [3.63, 3.8) is 0 Å². The fraction of sp³-hybridized carbons (Fsp3) is 0.100. The Morgan fingerprint density at radius 3 is 2.37 bits per heavy atom. The lowest BCUT2D eigenvalue weighted by Crippen LogP contribution is -2.21. The topological polar surface area (TPSA) is 70.2 Å². The molecule has 0 aliphatic heterocycles. The fourth-order valence-corrected chi connectivity index (χ4v) is 3.56. The van der Waals surface area contributed by atoms with Gasteiger partial charge in [-0.2, -0.15) is 0 Å². The van der Waals surface area contributed by atoms with Crippen molar-refractivity contribution < 1.29 is 9.59 Å². The van der Waals surface area contributed by atoms with Crippen LogP contribution in [0.2, 0.25) is 0 Å². The van der Waals surface area contributed by atoms with Gasteiger partial charge in [-0.15, -0.1) is 23.1 Å². The number of anilines is 2. The van der Waals surface area contributed by atoms with Gasteiger partial charge in [0.2, 0.25) is 0 Å². The maximum atomic E-state index is 12.3. The Labute approximate surface area is 166 Å². The predicted molar refractivity (Wildman–Crippen MR) is 113 cm³/mol. The van der Waals surface area contributed by atoms with Gasteiger partial charge in [-0.05, 0) is 48.2 Å². The summed E-state index contributed by atoms with van der Waals surface area (Å²) in [4.78, 5) is 26.0. The Bertz CT molecular complexity index is 908. The van der Waals surface area contributed by atoms with Gasteiger partial charge in [-0.25, -0.2) is 4.79 Å². The second-order valence-corrected chi connectivity index (χ2v) is 7.60. The fourth-order valence-electron chi connectivity index (χ4n) is 2.34. The first-order chi connectivity index (χ1) is 13.1. The molecule has 0 saturated carbocycles. The number of benzene rings is 2. The van der Waals surface area contributed by atoms with Gasteiger partial charge in [0, 0.05) is 17.1 Å². The number of para-hydroxylation sites is 1. The first-order valence-electron chi connectivity index (χ1n) is 8.28. The second kappa shape index (κ2) is 9.25. The summed E-state index contributed by atoms with van der Waals surface area (Å²) >= 11 is 2.92. The standard InChI is InChI=1S/C20H19N3O2S2/c1-26-16-9-7-14(8-10-16)13-21-19(24)17-11-12-18(27-17)23-20(25)22-15-5-3-2-4-6-15/h2-12H,13H2,1H3,(H,21,24)(H2,22,23,25).